The predicted molar refractivity (Wildman–Crippen MR) is 143 cm³/mol. The molecule has 0 aliphatic heterocycles. The Morgan fingerprint density at radius 1 is 1.00 bits per heavy atom. The maximum atomic E-state index is 13.4. The topological polar surface area (TPSA) is 96.0 Å². The molecule has 0 spiro atoms. The van der Waals surface area contributed by atoms with Gasteiger partial charge in [-0.15, -0.1) is 0 Å². The number of carbonyl (C=O) groups excluding carboxylic acids is 2. The molecule has 2 aromatic rings. The van der Waals surface area contributed by atoms with E-state index in [1.54, 1.807) is 36.3 Å². The van der Waals surface area contributed by atoms with E-state index in [4.69, 9.17) is 4.74 Å². The van der Waals surface area contributed by atoms with E-state index in [-0.39, 0.29) is 30.8 Å². The zero-order valence-corrected chi connectivity index (χ0v) is 22.8. The van der Waals surface area contributed by atoms with Crippen molar-refractivity contribution in [1.29, 1.82) is 0 Å². The number of hydrogen-bond acceptors (Lipinski definition) is 5. The summed E-state index contributed by atoms with van der Waals surface area (Å²) in [6.45, 7) is 6.27. The summed E-state index contributed by atoms with van der Waals surface area (Å²) >= 11 is 0. The second-order valence-corrected chi connectivity index (χ2v) is 10.8. The molecule has 8 nitrogen and oxygen atoms in total. The Bertz CT molecular complexity index is 1070. The summed E-state index contributed by atoms with van der Waals surface area (Å²) < 4.78 is 31.4. The van der Waals surface area contributed by atoms with E-state index in [2.05, 4.69) is 5.32 Å². The normalized spacial score (nSPS) is 12.9. The standard InChI is InChI=1S/C27H39N3O5S/c1-6-21(3)28-27(32)25(7-2)29(20-22-12-9-8-10-13-22)26(31)14-11-19-30(36(5,33)34)23-15-17-24(35-4)18-16-23/h8-10,12-13,15-18,21,25H,6-7,11,14,19-20H2,1-5H3,(H,28,32)/t21-,25+/m0/s1. The lowest BCUT2D eigenvalue weighted by atomic mass is 10.1. The van der Waals surface area contributed by atoms with Gasteiger partial charge in [-0.05, 0) is 56.0 Å². The van der Waals surface area contributed by atoms with E-state index in [1.165, 1.54) is 4.31 Å². The molecule has 36 heavy (non-hydrogen) atoms. The fraction of sp³-hybridized carbons (Fsp3) is 0.481. The maximum absolute atomic E-state index is 13.4. The number of hydrogen-bond donors (Lipinski definition) is 1. The molecule has 0 radical (unpaired) electrons. The van der Waals surface area contributed by atoms with Gasteiger partial charge in [-0.2, -0.15) is 0 Å². The van der Waals surface area contributed by atoms with Gasteiger partial charge in [-0.3, -0.25) is 13.9 Å². The summed E-state index contributed by atoms with van der Waals surface area (Å²) in [6.07, 6.45) is 2.84. The number of nitrogens with one attached hydrogen (secondary N) is 1. The van der Waals surface area contributed by atoms with Crippen molar-refractivity contribution in [2.75, 3.05) is 24.2 Å². The van der Waals surface area contributed by atoms with Crippen molar-refractivity contribution in [2.45, 2.75) is 65.1 Å². The van der Waals surface area contributed by atoms with E-state index in [9.17, 15) is 18.0 Å². The highest BCUT2D eigenvalue weighted by Crippen LogP contribution is 2.22. The first-order valence-electron chi connectivity index (χ1n) is 12.4. The lowest BCUT2D eigenvalue weighted by Gasteiger charge is -2.32. The first-order chi connectivity index (χ1) is 17.1. The molecule has 0 heterocycles. The average Bonchev–Trinajstić information content (AvgIpc) is 2.86. The number of sulfonamides is 1. The van der Waals surface area contributed by atoms with Crippen LogP contribution in [0, 0.1) is 0 Å². The van der Waals surface area contributed by atoms with Crippen molar-refractivity contribution in [2.24, 2.45) is 0 Å². The fourth-order valence-electron chi connectivity index (χ4n) is 3.89. The largest absolute Gasteiger partial charge is 0.497 e. The Morgan fingerprint density at radius 3 is 2.17 bits per heavy atom. The third kappa shape index (κ3) is 8.55. The molecule has 0 aliphatic rings. The zero-order valence-electron chi connectivity index (χ0n) is 21.9. The van der Waals surface area contributed by atoms with Crippen LogP contribution in [0.5, 0.6) is 5.75 Å². The molecule has 0 bridgehead atoms. The number of carbonyl (C=O) groups is 2. The van der Waals surface area contributed by atoms with Crippen LogP contribution in [0.1, 0.15) is 52.0 Å². The van der Waals surface area contributed by atoms with Crippen molar-refractivity contribution < 1.29 is 22.7 Å². The zero-order chi connectivity index (χ0) is 26.7. The summed E-state index contributed by atoms with van der Waals surface area (Å²) in [5.74, 6) is 0.264. The molecular weight excluding hydrogens is 478 g/mol. The van der Waals surface area contributed by atoms with Crippen molar-refractivity contribution in [1.82, 2.24) is 10.2 Å². The Balaban J connectivity index is 2.18. The number of methoxy groups -OCH3 is 1. The van der Waals surface area contributed by atoms with Gasteiger partial charge in [-0.1, -0.05) is 44.2 Å². The number of amides is 2. The van der Waals surface area contributed by atoms with E-state index in [1.807, 2.05) is 51.1 Å². The summed E-state index contributed by atoms with van der Waals surface area (Å²) in [5.41, 5.74) is 1.43. The van der Waals surface area contributed by atoms with E-state index < -0.39 is 16.1 Å². The van der Waals surface area contributed by atoms with Gasteiger partial charge in [0.2, 0.25) is 21.8 Å². The lowest BCUT2D eigenvalue weighted by Crippen LogP contribution is -2.50. The summed E-state index contributed by atoms with van der Waals surface area (Å²) in [5, 5.41) is 3.00. The number of benzene rings is 2. The quantitative estimate of drug-likeness (QED) is 0.409. The molecule has 0 aromatic heterocycles. The van der Waals surface area contributed by atoms with Gasteiger partial charge in [-0.25, -0.2) is 8.42 Å². The smallest absolute Gasteiger partial charge is 0.243 e. The van der Waals surface area contributed by atoms with Gasteiger partial charge in [0.15, 0.2) is 0 Å². The van der Waals surface area contributed by atoms with Gasteiger partial charge < -0.3 is 15.0 Å². The third-order valence-electron chi connectivity index (χ3n) is 6.10. The van der Waals surface area contributed by atoms with Crippen LogP contribution in [0.2, 0.25) is 0 Å². The highest BCUT2D eigenvalue weighted by molar-refractivity contribution is 7.92. The second-order valence-electron chi connectivity index (χ2n) is 8.89. The summed E-state index contributed by atoms with van der Waals surface area (Å²) in [7, 11) is -2.01. The van der Waals surface area contributed by atoms with Crippen molar-refractivity contribution in [3.05, 3.63) is 60.2 Å². The monoisotopic (exact) mass is 517 g/mol. The number of anilines is 1. The molecule has 0 saturated heterocycles. The third-order valence-corrected chi connectivity index (χ3v) is 7.29. The van der Waals surface area contributed by atoms with Crippen LogP contribution in [0.15, 0.2) is 54.6 Å². The minimum atomic E-state index is -3.55. The maximum Gasteiger partial charge on any atom is 0.243 e. The van der Waals surface area contributed by atoms with Gasteiger partial charge in [0.25, 0.3) is 0 Å². The van der Waals surface area contributed by atoms with Crippen molar-refractivity contribution in [3.63, 3.8) is 0 Å². The van der Waals surface area contributed by atoms with Gasteiger partial charge >= 0.3 is 0 Å². The van der Waals surface area contributed by atoms with E-state index >= 15 is 0 Å². The molecule has 9 heteroatoms. The molecule has 2 rings (SSSR count). The van der Waals surface area contributed by atoms with Crippen LogP contribution in [-0.4, -0.2) is 57.1 Å². The van der Waals surface area contributed by atoms with Crippen LogP contribution in [0.4, 0.5) is 5.69 Å². The van der Waals surface area contributed by atoms with Crippen LogP contribution in [-0.2, 0) is 26.2 Å². The van der Waals surface area contributed by atoms with E-state index in [0.29, 0.717) is 30.8 Å². The Labute approximate surface area is 215 Å². The molecule has 2 atom stereocenters. The molecule has 0 fully saturated rings. The Kier molecular flexibility index (Phi) is 11.2. The molecule has 1 N–H and O–H groups in total. The first-order valence-corrected chi connectivity index (χ1v) is 14.2. The van der Waals surface area contributed by atoms with Crippen LogP contribution in [0.25, 0.3) is 0 Å². The second kappa shape index (κ2) is 13.9. The lowest BCUT2D eigenvalue weighted by molar-refractivity contribution is -0.141. The fourth-order valence-corrected chi connectivity index (χ4v) is 4.86. The first kappa shape index (κ1) is 29.2. The minimum Gasteiger partial charge on any atom is -0.497 e. The van der Waals surface area contributed by atoms with Gasteiger partial charge in [0.05, 0.1) is 19.1 Å². The molecule has 0 aliphatic carbocycles. The molecule has 0 saturated carbocycles. The van der Waals surface area contributed by atoms with Crippen molar-refractivity contribution >= 4 is 27.5 Å². The Hall–Kier alpha value is -3.07. The van der Waals surface area contributed by atoms with E-state index in [0.717, 1.165) is 18.2 Å². The van der Waals surface area contributed by atoms with Gasteiger partial charge in [0.1, 0.15) is 11.8 Å². The summed E-state index contributed by atoms with van der Waals surface area (Å²) in [4.78, 5) is 28.1. The summed E-state index contributed by atoms with van der Waals surface area (Å²) in [6, 6.07) is 15.7. The average molecular weight is 518 g/mol. The molecule has 2 amide bonds. The molecule has 2 aromatic carbocycles. The molecule has 0 unspecified atom stereocenters. The predicted octanol–water partition coefficient (Wildman–Crippen LogP) is 3.96. The number of rotatable bonds is 14. The highest BCUT2D eigenvalue weighted by Gasteiger charge is 2.29. The Morgan fingerprint density at radius 2 is 1.64 bits per heavy atom. The number of ether oxygens (including phenoxy) is 1. The van der Waals surface area contributed by atoms with Gasteiger partial charge in [0, 0.05) is 25.6 Å². The van der Waals surface area contributed by atoms with Crippen LogP contribution >= 0.6 is 0 Å². The minimum absolute atomic E-state index is 0.00745. The highest BCUT2D eigenvalue weighted by atomic mass is 32.2. The SMILES string of the molecule is CC[C@H](C(=O)N[C@@H](C)CC)N(Cc1ccccc1)C(=O)CCCN(c1ccc(OC)cc1)S(C)(=O)=O. The molecule has 198 valence electrons. The van der Waals surface area contributed by atoms with Crippen molar-refractivity contribution in [3.8, 4) is 5.75 Å². The number of nitrogens with zero attached hydrogens (tertiary/aromatic N) is 2. The molecular formula is C27H39N3O5S. The van der Waals surface area contributed by atoms with Crippen LogP contribution < -0.4 is 14.4 Å². The van der Waals surface area contributed by atoms with Crippen LogP contribution in [0.3, 0.4) is 0 Å².